The zero-order chi connectivity index (χ0) is 30.1. The van der Waals surface area contributed by atoms with Crippen molar-refractivity contribution in [1.82, 2.24) is 0 Å². The molecule has 0 bridgehead atoms. The van der Waals surface area contributed by atoms with E-state index in [-0.39, 0.29) is 12.2 Å². The Morgan fingerprint density at radius 1 is 0.619 bits per heavy atom. The Balaban J connectivity index is 1.26. The standard InChI is InChI=1S/C30H36F6O6/c31-29(32,33)25-23(41-27(37)19-7-1-17(2-8-19)5-11-21-15-39-21)13-14-24(26(25)30(34,35)36)42-28(38)20-9-3-18(4-10-20)6-12-22-16-40-22/h13-14,17-22H,1-12,15-16H2. The van der Waals surface area contributed by atoms with E-state index in [0.29, 0.717) is 75.3 Å². The van der Waals surface area contributed by atoms with Crippen molar-refractivity contribution in [3.8, 4) is 11.5 Å². The molecule has 2 aliphatic heterocycles. The van der Waals surface area contributed by atoms with Gasteiger partial charge in [-0.05, 0) is 101 Å². The Kier molecular flexibility index (Phi) is 9.42. The molecule has 12 heteroatoms. The van der Waals surface area contributed by atoms with Crippen LogP contribution in [0.3, 0.4) is 0 Å². The first-order valence-corrected chi connectivity index (χ1v) is 14.9. The van der Waals surface area contributed by atoms with Crippen molar-refractivity contribution in [1.29, 1.82) is 0 Å². The van der Waals surface area contributed by atoms with Gasteiger partial charge in [0, 0.05) is 0 Å². The Morgan fingerprint density at radius 2 is 0.952 bits per heavy atom. The van der Waals surface area contributed by atoms with Crippen LogP contribution in [0.5, 0.6) is 11.5 Å². The molecule has 2 heterocycles. The predicted octanol–water partition coefficient (Wildman–Crippen LogP) is 7.51. The first kappa shape index (κ1) is 31.1. The van der Waals surface area contributed by atoms with Crippen LogP contribution in [0, 0.1) is 23.7 Å². The van der Waals surface area contributed by atoms with Gasteiger partial charge >= 0.3 is 24.3 Å². The topological polar surface area (TPSA) is 77.7 Å². The molecule has 2 saturated heterocycles. The van der Waals surface area contributed by atoms with Gasteiger partial charge in [0.1, 0.15) is 22.6 Å². The first-order valence-electron chi connectivity index (χ1n) is 14.9. The van der Waals surface area contributed by atoms with Crippen LogP contribution in [0.4, 0.5) is 26.3 Å². The third-order valence-electron chi connectivity index (χ3n) is 9.08. The lowest BCUT2D eigenvalue weighted by Gasteiger charge is -2.28. The Morgan fingerprint density at radius 3 is 1.24 bits per heavy atom. The molecule has 1 aromatic rings. The van der Waals surface area contributed by atoms with Gasteiger partial charge in [-0.25, -0.2) is 0 Å². The summed E-state index contributed by atoms with van der Waals surface area (Å²) in [5.41, 5.74) is -4.34. The fourth-order valence-corrected chi connectivity index (χ4v) is 6.37. The third-order valence-corrected chi connectivity index (χ3v) is 9.08. The van der Waals surface area contributed by atoms with Crippen LogP contribution in [0.1, 0.15) is 88.2 Å². The van der Waals surface area contributed by atoms with E-state index in [1.807, 2.05) is 0 Å². The second-order valence-corrected chi connectivity index (χ2v) is 12.2. The monoisotopic (exact) mass is 606 g/mol. The molecular weight excluding hydrogens is 570 g/mol. The predicted molar refractivity (Wildman–Crippen MR) is 137 cm³/mol. The molecule has 0 spiro atoms. The molecule has 42 heavy (non-hydrogen) atoms. The minimum absolute atomic E-state index is 0.283. The lowest BCUT2D eigenvalue weighted by molar-refractivity contribution is -0.166. The number of epoxide rings is 2. The quantitative estimate of drug-likeness (QED) is 0.119. The van der Waals surface area contributed by atoms with Crippen LogP contribution in [0.2, 0.25) is 0 Å². The minimum atomic E-state index is -5.53. The van der Waals surface area contributed by atoms with Gasteiger partial charge < -0.3 is 18.9 Å². The van der Waals surface area contributed by atoms with Crippen molar-refractivity contribution in [2.75, 3.05) is 13.2 Å². The molecule has 4 fully saturated rings. The van der Waals surface area contributed by atoms with Crippen LogP contribution in [0.15, 0.2) is 12.1 Å². The van der Waals surface area contributed by atoms with Crippen LogP contribution in [-0.4, -0.2) is 37.4 Å². The average molecular weight is 607 g/mol. The average Bonchev–Trinajstić information content (AvgIpc) is 3.86. The summed E-state index contributed by atoms with van der Waals surface area (Å²) in [5.74, 6) is -5.17. The van der Waals surface area contributed by atoms with Crippen molar-refractivity contribution in [2.45, 2.75) is 102 Å². The summed E-state index contributed by atoms with van der Waals surface area (Å²) in [6, 6.07) is 1.27. The second kappa shape index (κ2) is 12.7. The maximum atomic E-state index is 14.1. The van der Waals surface area contributed by atoms with Crippen LogP contribution in [-0.2, 0) is 31.4 Å². The van der Waals surface area contributed by atoms with Gasteiger partial charge in [-0.2, -0.15) is 26.3 Å². The lowest BCUT2D eigenvalue weighted by Crippen LogP contribution is -2.29. The number of esters is 2. The molecule has 2 saturated carbocycles. The summed E-state index contributed by atoms with van der Waals surface area (Å²) in [6.07, 6.45) is -2.55. The molecule has 6 nitrogen and oxygen atoms in total. The summed E-state index contributed by atoms with van der Waals surface area (Å²) in [6.45, 7) is 1.50. The summed E-state index contributed by atoms with van der Waals surface area (Å²) in [4.78, 5) is 25.6. The first-order chi connectivity index (χ1) is 19.9. The van der Waals surface area contributed by atoms with Crippen LogP contribution < -0.4 is 9.47 Å². The van der Waals surface area contributed by atoms with E-state index in [4.69, 9.17) is 18.9 Å². The van der Waals surface area contributed by atoms with Crippen molar-refractivity contribution < 1.29 is 54.9 Å². The summed E-state index contributed by atoms with van der Waals surface area (Å²) >= 11 is 0. The van der Waals surface area contributed by atoms with Gasteiger partial charge in [0.25, 0.3) is 0 Å². The van der Waals surface area contributed by atoms with Gasteiger partial charge in [0.05, 0.1) is 37.3 Å². The lowest BCUT2D eigenvalue weighted by atomic mass is 9.80. The molecule has 1 aromatic carbocycles. The highest BCUT2D eigenvalue weighted by Crippen LogP contribution is 2.50. The molecular formula is C30H36F6O6. The fourth-order valence-electron chi connectivity index (χ4n) is 6.37. The molecule has 2 unspecified atom stereocenters. The zero-order valence-electron chi connectivity index (χ0n) is 23.2. The highest BCUT2D eigenvalue weighted by molar-refractivity contribution is 5.78. The Bertz CT molecular complexity index is 1020. The number of halogens is 6. The molecule has 0 amide bonds. The fraction of sp³-hybridized carbons (Fsp3) is 0.733. The highest BCUT2D eigenvalue weighted by atomic mass is 19.4. The van der Waals surface area contributed by atoms with E-state index in [9.17, 15) is 35.9 Å². The SMILES string of the molecule is O=C(Oc1ccc(OC(=O)C2CCC(CCC3CO3)CC2)c(C(F)(F)F)c1C(F)(F)F)C1CCC(CCC2CO2)CC1. The number of ether oxygens (including phenoxy) is 4. The second-order valence-electron chi connectivity index (χ2n) is 12.2. The molecule has 2 atom stereocenters. The van der Waals surface area contributed by atoms with E-state index in [0.717, 1.165) is 38.9 Å². The van der Waals surface area contributed by atoms with Crippen LogP contribution in [0.25, 0.3) is 0 Å². The number of hydrogen-bond donors (Lipinski definition) is 0. The number of hydrogen-bond acceptors (Lipinski definition) is 6. The Hall–Kier alpha value is -2.34. The van der Waals surface area contributed by atoms with Crippen molar-refractivity contribution >= 4 is 11.9 Å². The van der Waals surface area contributed by atoms with E-state index in [1.54, 1.807) is 0 Å². The molecule has 4 aliphatic rings. The van der Waals surface area contributed by atoms with Crippen molar-refractivity contribution in [3.05, 3.63) is 23.3 Å². The van der Waals surface area contributed by atoms with Crippen molar-refractivity contribution in [3.63, 3.8) is 0 Å². The van der Waals surface area contributed by atoms with E-state index >= 15 is 0 Å². The highest BCUT2D eigenvalue weighted by Gasteiger charge is 2.49. The number of carbonyl (C=O) groups excluding carboxylic acids is 2. The van der Waals surface area contributed by atoms with Gasteiger partial charge in [-0.1, -0.05) is 0 Å². The number of rotatable bonds is 10. The van der Waals surface area contributed by atoms with Crippen molar-refractivity contribution in [2.24, 2.45) is 23.7 Å². The van der Waals surface area contributed by atoms with Gasteiger partial charge in [-0.3, -0.25) is 9.59 Å². The molecule has 0 aromatic heterocycles. The van der Waals surface area contributed by atoms with Gasteiger partial charge in [0.15, 0.2) is 0 Å². The maximum Gasteiger partial charge on any atom is 0.420 e. The molecule has 2 aliphatic carbocycles. The van der Waals surface area contributed by atoms with E-state index in [2.05, 4.69) is 0 Å². The minimum Gasteiger partial charge on any atom is -0.426 e. The van der Waals surface area contributed by atoms with Gasteiger partial charge in [0.2, 0.25) is 0 Å². The molecule has 0 radical (unpaired) electrons. The van der Waals surface area contributed by atoms with Crippen LogP contribution >= 0.6 is 0 Å². The Labute approximate surface area is 240 Å². The molecule has 234 valence electrons. The largest absolute Gasteiger partial charge is 0.426 e. The maximum absolute atomic E-state index is 14.1. The summed E-state index contributed by atoms with van der Waals surface area (Å²) in [5, 5.41) is 0. The zero-order valence-corrected chi connectivity index (χ0v) is 23.2. The smallest absolute Gasteiger partial charge is 0.420 e. The third kappa shape index (κ3) is 8.18. The normalized spacial score (nSPS) is 29.6. The summed E-state index contributed by atoms with van der Waals surface area (Å²) in [7, 11) is 0. The number of carbonyl (C=O) groups is 2. The number of alkyl halides is 6. The molecule has 0 N–H and O–H groups in total. The van der Waals surface area contributed by atoms with E-state index < -0.39 is 58.8 Å². The van der Waals surface area contributed by atoms with E-state index in [1.165, 1.54) is 0 Å². The summed E-state index contributed by atoms with van der Waals surface area (Å²) < 4.78 is 105. The molecule has 5 rings (SSSR count). The number of benzene rings is 1. The van der Waals surface area contributed by atoms with Gasteiger partial charge in [-0.15, -0.1) is 0 Å².